The molecule has 0 aromatic heterocycles. The second-order valence-electron chi connectivity index (χ2n) is 7.74. The number of benzene rings is 2. The number of aryl methyl sites for hydroxylation is 1. The number of aliphatic hydroxyl groups excluding tert-OH is 1. The van der Waals surface area contributed by atoms with Crippen LogP contribution in [0.4, 0.5) is 4.39 Å². The van der Waals surface area contributed by atoms with Crippen LogP contribution in [-0.2, 0) is 17.6 Å². The summed E-state index contributed by atoms with van der Waals surface area (Å²) in [5.74, 6) is -1.000. The molecule has 0 saturated carbocycles. The van der Waals surface area contributed by atoms with Crippen molar-refractivity contribution in [2.24, 2.45) is 5.92 Å². The third-order valence-electron chi connectivity index (χ3n) is 5.97. The number of aliphatic hydroxyl groups is 1. The summed E-state index contributed by atoms with van der Waals surface area (Å²) < 4.78 is 14.3. The van der Waals surface area contributed by atoms with Crippen molar-refractivity contribution in [1.29, 1.82) is 0 Å². The van der Waals surface area contributed by atoms with E-state index in [1.54, 1.807) is 17.0 Å². The number of hydrogen-bond donors (Lipinski definition) is 1. The summed E-state index contributed by atoms with van der Waals surface area (Å²) in [6.45, 7) is 0.947. The van der Waals surface area contributed by atoms with Crippen molar-refractivity contribution in [2.75, 3.05) is 19.7 Å². The number of halogens is 1. The molecule has 146 valence electrons. The molecule has 5 heteroatoms. The highest BCUT2D eigenvalue weighted by molar-refractivity contribution is 5.96. The first-order chi connectivity index (χ1) is 13.6. The fourth-order valence-electron chi connectivity index (χ4n) is 4.30. The summed E-state index contributed by atoms with van der Waals surface area (Å²) in [5.41, 5.74) is 4.12. The standard InChI is InChI=1S/C23H24FNO3/c24-21-8-7-17(13-20(21)23(28)25-9-1-2-10-25)16-5-3-15-4-6-18(22(27)14-26)12-19(15)11-16/h3,5,7-8,11,13,18,26H,1-2,4,6,9-10,12,14H2. The molecule has 1 aliphatic carbocycles. The maximum Gasteiger partial charge on any atom is 0.256 e. The monoisotopic (exact) mass is 381 g/mol. The van der Waals surface area contributed by atoms with E-state index in [0.29, 0.717) is 19.5 Å². The Morgan fingerprint density at radius 2 is 1.75 bits per heavy atom. The average molecular weight is 381 g/mol. The molecule has 2 aromatic carbocycles. The van der Waals surface area contributed by atoms with Crippen molar-refractivity contribution in [3.05, 3.63) is 58.9 Å². The molecule has 1 unspecified atom stereocenters. The second kappa shape index (κ2) is 7.84. The lowest BCUT2D eigenvalue weighted by atomic mass is 9.80. The highest BCUT2D eigenvalue weighted by Gasteiger charge is 2.25. The van der Waals surface area contributed by atoms with Gasteiger partial charge < -0.3 is 10.0 Å². The van der Waals surface area contributed by atoms with Crippen molar-refractivity contribution in [1.82, 2.24) is 4.90 Å². The van der Waals surface area contributed by atoms with Gasteiger partial charge in [0.1, 0.15) is 12.4 Å². The zero-order valence-corrected chi connectivity index (χ0v) is 15.8. The summed E-state index contributed by atoms with van der Waals surface area (Å²) in [7, 11) is 0. The van der Waals surface area contributed by atoms with Gasteiger partial charge in [-0.25, -0.2) is 4.39 Å². The van der Waals surface area contributed by atoms with Crippen molar-refractivity contribution in [3.63, 3.8) is 0 Å². The number of carbonyl (C=O) groups excluding carboxylic acids is 2. The number of hydrogen-bond acceptors (Lipinski definition) is 3. The molecule has 1 saturated heterocycles. The molecule has 2 aromatic rings. The Balaban J connectivity index is 1.64. The van der Waals surface area contributed by atoms with Crippen LogP contribution < -0.4 is 0 Å². The molecule has 1 amide bonds. The quantitative estimate of drug-likeness (QED) is 0.883. The Morgan fingerprint density at radius 3 is 2.50 bits per heavy atom. The number of nitrogens with zero attached hydrogens (tertiary/aromatic N) is 1. The van der Waals surface area contributed by atoms with Crippen molar-refractivity contribution >= 4 is 11.7 Å². The highest BCUT2D eigenvalue weighted by Crippen LogP contribution is 2.31. The smallest absolute Gasteiger partial charge is 0.256 e. The lowest BCUT2D eigenvalue weighted by Crippen LogP contribution is -2.28. The van der Waals surface area contributed by atoms with Gasteiger partial charge >= 0.3 is 0 Å². The fraction of sp³-hybridized carbons (Fsp3) is 0.391. The number of fused-ring (bicyclic) bond motifs is 1. The van der Waals surface area contributed by atoms with Crippen LogP contribution in [0.1, 0.15) is 40.7 Å². The normalized spacial score (nSPS) is 18.8. The molecule has 1 N–H and O–H groups in total. The zero-order chi connectivity index (χ0) is 19.7. The van der Waals surface area contributed by atoms with Crippen molar-refractivity contribution < 1.29 is 19.1 Å². The van der Waals surface area contributed by atoms with Crippen LogP contribution in [0, 0.1) is 11.7 Å². The molecule has 1 fully saturated rings. The van der Waals surface area contributed by atoms with E-state index in [1.807, 2.05) is 12.1 Å². The summed E-state index contributed by atoms with van der Waals surface area (Å²) in [5, 5.41) is 9.15. The lowest BCUT2D eigenvalue weighted by molar-refractivity contribution is -0.125. The minimum Gasteiger partial charge on any atom is -0.389 e. The molecule has 1 aliphatic heterocycles. The summed E-state index contributed by atoms with van der Waals surface area (Å²) >= 11 is 0. The number of rotatable bonds is 4. The van der Waals surface area contributed by atoms with E-state index in [9.17, 15) is 14.0 Å². The van der Waals surface area contributed by atoms with Gasteiger partial charge in [-0.2, -0.15) is 0 Å². The summed E-state index contributed by atoms with van der Waals surface area (Å²) in [4.78, 5) is 26.2. The molecule has 2 aliphatic rings. The summed E-state index contributed by atoms with van der Waals surface area (Å²) in [6.07, 6.45) is 4.12. The van der Waals surface area contributed by atoms with Crippen LogP contribution >= 0.6 is 0 Å². The van der Waals surface area contributed by atoms with Crippen LogP contribution in [0.15, 0.2) is 36.4 Å². The number of carbonyl (C=O) groups is 2. The van der Waals surface area contributed by atoms with E-state index in [1.165, 1.54) is 11.6 Å². The minimum absolute atomic E-state index is 0.115. The van der Waals surface area contributed by atoms with Gasteiger partial charge in [-0.05, 0) is 66.5 Å². The molecule has 4 nitrogen and oxygen atoms in total. The first kappa shape index (κ1) is 18.8. The molecular formula is C23H24FNO3. The fourth-order valence-corrected chi connectivity index (χ4v) is 4.30. The van der Waals surface area contributed by atoms with Gasteiger partial charge in [-0.3, -0.25) is 9.59 Å². The topological polar surface area (TPSA) is 57.6 Å². The van der Waals surface area contributed by atoms with Gasteiger partial charge in [0.15, 0.2) is 5.78 Å². The minimum atomic E-state index is -0.493. The first-order valence-corrected chi connectivity index (χ1v) is 9.91. The van der Waals surface area contributed by atoms with Crippen LogP contribution in [0.3, 0.4) is 0 Å². The number of amides is 1. The maximum atomic E-state index is 14.3. The molecule has 28 heavy (non-hydrogen) atoms. The zero-order valence-electron chi connectivity index (χ0n) is 15.8. The Bertz CT molecular complexity index is 918. The first-order valence-electron chi connectivity index (χ1n) is 9.91. The lowest BCUT2D eigenvalue weighted by Gasteiger charge is -2.24. The Labute approximate surface area is 164 Å². The van der Waals surface area contributed by atoms with Gasteiger partial charge in [0.25, 0.3) is 5.91 Å². The number of ketones is 1. The van der Waals surface area contributed by atoms with E-state index in [4.69, 9.17) is 5.11 Å². The van der Waals surface area contributed by atoms with Gasteiger partial charge in [-0.15, -0.1) is 0 Å². The van der Waals surface area contributed by atoms with E-state index in [0.717, 1.165) is 42.4 Å². The Kier molecular flexibility index (Phi) is 5.27. The molecule has 4 rings (SSSR count). The van der Waals surface area contributed by atoms with Crippen molar-refractivity contribution in [3.8, 4) is 11.1 Å². The van der Waals surface area contributed by atoms with Gasteiger partial charge in [0.05, 0.1) is 5.56 Å². The molecule has 1 heterocycles. The van der Waals surface area contributed by atoms with E-state index >= 15 is 0 Å². The largest absolute Gasteiger partial charge is 0.389 e. The SMILES string of the molecule is O=C(CO)C1CCc2ccc(-c3ccc(F)c(C(=O)N4CCCC4)c3)cc2C1. The predicted octanol–water partition coefficient (Wildman–Crippen LogP) is 3.40. The second-order valence-corrected chi connectivity index (χ2v) is 7.74. The van der Waals surface area contributed by atoms with E-state index in [-0.39, 0.29) is 23.2 Å². The van der Waals surface area contributed by atoms with Crippen LogP contribution in [0.2, 0.25) is 0 Å². The van der Waals surface area contributed by atoms with Gasteiger partial charge in [0.2, 0.25) is 0 Å². The van der Waals surface area contributed by atoms with Gasteiger partial charge in [0, 0.05) is 19.0 Å². The third-order valence-corrected chi connectivity index (χ3v) is 5.97. The van der Waals surface area contributed by atoms with Gasteiger partial charge in [-0.1, -0.05) is 24.3 Å². The summed E-state index contributed by atoms with van der Waals surface area (Å²) in [6, 6.07) is 10.8. The van der Waals surface area contributed by atoms with Crippen LogP contribution in [0.5, 0.6) is 0 Å². The van der Waals surface area contributed by atoms with Crippen molar-refractivity contribution in [2.45, 2.75) is 32.1 Å². The Morgan fingerprint density at radius 1 is 1.04 bits per heavy atom. The molecule has 0 bridgehead atoms. The third kappa shape index (κ3) is 3.59. The van der Waals surface area contributed by atoms with Crippen LogP contribution in [0.25, 0.3) is 11.1 Å². The molecular weight excluding hydrogens is 357 g/mol. The Hall–Kier alpha value is -2.53. The molecule has 1 atom stereocenters. The molecule has 0 spiro atoms. The van der Waals surface area contributed by atoms with E-state index in [2.05, 4.69) is 6.07 Å². The van der Waals surface area contributed by atoms with E-state index < -0.39 is 12.4 Å². The van der Waals surface area contributed by atoms with Crippen LogP contribution in [-0.4, -0.2) is 41.4 Å². The number of Topliss-reactive ketones (excluding diaryl/α,β-unsaturated/α-hetero) is 1. The average Bonchev–Trinajstić information content (AvgIpc) is 3.27. The maximum absolute atomic E-state index is 14.3. The molecule has 0 radical (unpaired) electrons. The number of likely N-dealkylation sites (tertiary alicyclic amines) is 1. The highest BCUT2D eigenvalue weighted by atomic mass is 19.1. The predicted molar refractivity (Wildman–Crippen MR) is 105 cm³/mol.